The second-order valence-electron chi connectivity index (χ2n) is 7.14. The lowest BCUT2D eigenvalue weighted by molar-refractivity contribution is 0.0760. The Morgan fingerprint density at radius 2 is 2.10 bits per heavy atom. The van der Waals surface area contributed by atoms with Gasteiger partial charge in [-0.3, -0.25) is 14.9 Å². The summed E-state index contributed by atoms with van der Waals surface area (Å²) in [6, 6.07) is 8.98. The summed E-state index contributed by atoms with van der Waals surface area (Å²) in [5.74, 6) is 0.316. The Hall–Kier alpha value is -3.47. The van der Waals surface area contributed by atoms with Crippen molar-refractivity contribution < 1.29 is 17.7 Å². The molecule has 4 heterocycles. The fourth-order valence-corrected chi connectivity index (χ4v) is 4.81. The van der Waals surface area contributed by atoms with Gasteiger partial charge in [-0.05, 0) is 30.7 Å². The molecule has 0 atom stereocenters. The first-order valence-corrected chi connectivity index (χ1v) is 11.3. The third-order valence-electron chi connectivity index (χ3n) is 5.10. The van der Waals surface area contributed by atoms with E-state index in [0.717, 1.165) is 5.52 Å². The first kappa shape index (κ1) is 18.6. The molecule has 3 aromatic heterocycles. The molecule has 1 aromatic carbocycles. The zero-order chi connectivity index (χ0) is 20.7. The van der Waals surface area contributed by atoms with E-state index < -0.39 is 9.84 Å². The Morgan fingerprint density at radius 3 is 3.00 bits per heavy atom. The van der Waals surface area contributed by atoms with Gasteiger partial charge in [0, 0.05) is 31.0 Å². The van der Waals surface area contributed by atoms with Crippen LogP contribution in [0.25, 0.3) is 22.0 Å². The molecule has 5 rings (SSSR count). The van der Waals surface area contributed by atoms with Crippen LogP contribution in [0.3, 0.4) is 0 Å². The van der Waals surface area contributed by atoms with Crippen LogP contribution in [-0.2, 0) is 9.84 Å². The Labute approximate surface area is 171 Å². The SMILES string of the molecule is O=C(c1noc2cc(Nc3n[nH]c4cccnc34)ccc12)N1CCCS(=O)(=O)CC1. The van der Waals surface area contributed by atoms with Gasteiger partial charge in [-0.2, -0.15) is 5.10 Å². The van der Waals surface area contributed by atoms with Crippen LogP contribution in [0, 0.1) is 0 Å². The van der Waals surface area contributed by atoms with Gasteiger partial charge in [0.25, 0.3) is 5.91 Å². The summed E-state index contributed by atoms with van der Waals surface area (Å²) in [5, 5.41) is 14.8. The highest BCUT2D eigenvalue weighted by molar-refractivity contribution is 7.91. The second-order valence-corrected chi connectivity index (χ2v) is 9.44. The topological polar surface area (TPSA) is 134 Å². The largest absolute Gasteiger partial charge is 0.355 e. The molecule has 0 bridgehead atoms. The van der Waals surface area contributed by atoms with Crippen molar-refractivity contribution in [2.45, 2.75) is 6.42 Å². The summed E-state index contributed by atoms with van der Waals surface area (Å²) in [6.07, 6.45) is 2.11. The number of hydrogen-bond donors (Lipinski definition) is 2. The van der Waals surface area contributed by atoms with Crippen LogP contribution in [0.2, 0.25) is 0 Å². The molecule has 154 valence electrons. The lowest BCUT2D eigenvalue weighted by Gasteiger charge is -2.18. The molecule has 1 fully saturated rings. The summed E-state index contributed by atoms with van der Waals surface area (Å²) in [4.78, 5) is 18.7. The Morgan fingerprint density at radius 1 is 1.20 bits per heavy atom. The minimum atomic E-state index is -3.10. The van der Waals surface area contributed by atoms with Crippen LogP contribution >= 0.6 is 0 Å². The maximum absolute atomic E-state index is 12.9. The summed E-state index contributed by atoms with van der Waals surface area (Å²) in [6.45, 7) is 0.541. The molecule has 0 saturated carbocycles. The minimum absolute atomic E-state index is 0.0335. The van der Waals surface area contributed by atoms with Crippen molar-refractivity contribution in [3.05, 3.63) is 42.2 Å². The number of nitrogens with one attached hydrogen (secondary N) is 2. The summed E-state index contributed by atoms with van der Waals surface area (Å²) in [7, 11) is -3.10. The van der Waals surface area contributed by atoms with Crippen LogP contribution < -0.4 is 5.32 Å². The number of hydrogen-bond acceptors (Lipinski definition) is 8. The Bertz CT molecular complexity index is 1360. The van der Waals surface area contributed by atoms with Crippen LogP contribution in [0.4, 0.5) is 11.5 Å². The van der Waals surface area contributed by atoms with E-state index in [4.69, 9.17) is 4.52 Å². The van der Waals surface area contributed by atoms with Gasteiger partial charge in [0.15, 0.2) is 26.9 Å². The normalized spacial score (nSPS) is 16.6. The fourth-order valence-electron chi connectivity index (χ4n) is 3.54. The summed E-state index contributed by atoms with van der Waals surface area (Å²) < 4.78 is 29.0. The van der Waals surface area contributed by atoms with Gasteiger partial charge in [-0.1, -0.05) is 5.16 Å². The predicted octanol–water partition coefficient (Wildman–Crippen LogP) is 2.10. The highest BCUT2D eigenvalue weighted by Gasteiger charge is 2.26. The maximum Gasteiger partial charge on any atom is 0.276 e. The zero-order valence-corrected chi connectivity index (χ0v) is 16.6. The molecule has 1 amide bonds. The van der Waals surface area contributed by atoms with E-state index in [1.165, 1.54) is 4.90 Å². The number of sulfone groups is 1. The van der Waals surface area contributed by atoms with Crippen molar-refractivity contribution in [1.29, 1.82) is 0 Å². The van der Waals surface area contributed by atoms with Gasteiger partial charge < -0.3 is 14.7 Å². The van der Waals surface area contributed by atoms with Gasteiger partial charge >= 0.3 is 0 Å². The quantitative estimate of drug-likeness (QED) is 0.509. The molecule has 1 aliphatic rings. The molecule has 11 heteroatoms. The molecular weight excluding hydrogens is 408 g/mol. The molecule has 0 unspecified atom stereocenters. The van der Waals surface area contributed by atoms with Crippen LogP contribution in [0.1, 0.15) is 16.9 Å². The number of carbonyl (C=O) groups is 1. The fraction of sp³-hybridized carbons (Fsp3) is 0.263. The highest BCUT2D eigenvalue weighted by Crippen LogP contribution is 2.27. The molecule has 0 spiro atoms. The van der Waals surface area contributed by atoms with Crippen molar-refractivity contribution in [1.82, 2.24) is 25.2 Å². The summed E-state index contributed by atoms with van der Waals surface area (Å²) >= 11 is 0. The number of H-pyrrole nitrogens is 1. The molecular formula is C19H18N6O4S. The summed E-state index contributed by atoms with van der Waals surface area (Å²) in [5.41, 5.74) is 2.86. The lowest BCUT2D eigenvalue weighted by atomic mass is 10.1. The number of amides is 1. The third-order valence-corrected chi connectivity index (χ3v) is 6.82. The molecule has 0 radical (unpaired) electrons. The second kappa shape index (κ2) is 7.10. The van der Waals surface area contributed by atoms with Crippen molar-refractivity contribution in [2.75, 3.05) is 29.9 Å². The van der Waals surface area contributed by atoms with E-state index in [1.54, 1.807) is 24.4 Å². The van der Waals surface area contributed by atoms with Gasteiger partial charge in [-0.25, -0.2) is 8.42 Å². The van der Waals surface area contributed by atoms with E-state index in [-0.39, 0.29) is 29.7 Å². The Balaban J connectivity index is 1.40. The number of rotatable bonds is 3. The number of benzene rings is 1. The highest BCUT2D eigenvalue weighted by atomic mass is 32.2. The van der Waals surface area contributed by atoms with Crippen LogP contribution in [0.15, 0.2) is 41.1 Å². The molecule has 1 aliphatic heterocycles. The van der Waals surface area contributed by atoms with E-state index in [2.05, 4.69) is 25.7 Å². The lowest BCUT2D eigenvalue weighted by Crippen LogP contribution is -2.33. The Kier molecular flexibility index (Phi) is 4.39. The number of anilines is 2. The van der Waals surface area contributed by atoms with Crippen molar-refractivity contribution in [2.24, 2.45) is 0 Å². The molecule has 1 saturated heterocycles. The molecule has 30 heavy (non-hydrogen) atoms. The molecule has 4 aromatic rings. The number of aromatic amines is 1. The number of carbonyl (C=O) groups excluding carboxylic acids is 1. The standard InChI is InChI=1S/C19H18N6O4S/c26-19(25-7-2-9-30(27,28)10-8-25)16-13-5-4-12(11-15(13)29-24-16)21-18-17-14(22-23-18)3-1-6-20-17/h1,3-6,11H,2,7-10H2,(H2,21,22,23). The monoisotopic (exact) mass is 426 g/mol. The first-order valence-electron chi connectivity index (χ1n) is 9.45. The van der Waals surface area contributed by atoms with Crippen molar-refractivity contribution in [3.8, 4) is 0 Å². The number of fused-ring (bicyclic) bond motifs is 2. The number of nitrogens with zero attached hydrogens (tertiary/aromatic N) is 4. The van der Waals surface area contributed by atoms with Gasteiger partial charge in [0.1, 0.15) is 5.52 Å². The number of aromatic nitrogens is 4. The van der Waals surface area contributed by atoms with E-state index in [0.29, 0.717) is 41.0 Å². The average Bonchev–Trinajstić information content (AvgIpc) is 3.29. The van der Waals surface area contributed by atoms with Crippen LogP contribution in [-0.4, -0.2) is 64.2 Å². The molecule has 10 nitrogen and oxygen atoms in total. The zero-order valence-electron chi connectivity index (χ0n) is 15.8. The van der Waals surface area contributed by atoms with E-state index in [1.807, 2.05) is 12.1 Å². The molecule has 0 aliphatic carbocycles. The van der Waals surface area contributed by atoms with E-state index >= 15 is 0 Å². The smallest absolute Gasteiger partial charge is 0.276 e. The maximum atomic E-state index is 12.9. The minimum Gasteiger partial charge on any atom is -0.355 e. The molecule has 2 N–H and O–H groups in total. The van der Waals surface area contributed by atoms with Crippen molar-refractivity contribution in [3.63, 3.8) is 0 Å². The van der Waals surface area contributed by atoms with Gasteiger partial charge in [-0.15, -0.1) is 0 Å². The van der Waals surface area contributed by atoms with Crippen molar-refractivity contribution >= 4 is 49.3 Å². The third kappa shape index (κ3) is 3.36. The van der Waals surface area contributed by atoms with E-state index in [9.17, 15) is 13.2 Å². The number of pyridine rings is 1. The predicted molar refractivity (Wildman–Crippen MR) is 110 cm³/mol. The van der Waals surface area contributed by atoms with Crippen LogP contribution in [0.5, 0.6) is 0 Å². The van der Waals surface area contributed by atoms with Gasteiger partial charge in [0.05, 0.1) is 22.4 Å². The van der Waals surface area contributed by atoms with Gasteiger partial charge in [0.2, 0.25) is 0 Å². The average molecular weight is 426 g/mol. The first-order chi connectivity index (χ1) is 14.5.